The van der Waals surface area contributed by atoms with E-state index in [0.29, 0.717) is 0 Å². The first-order chi connectivity index (χ1) is 7.29. The normalized spacial score (nSPS) is 10.8. The number of nitriles is 1. The third-order valence-electron chi connectivity index (χ3n) is 1.63. The zero-order valence-electron chi connectivity index (χ0n) is 7.35. The molecular formula is C7H2BrClN2O4S. The van der Waals surface area contributed by atoms with Gasteiger partial charge in [-0.1, -0.05) is 0 Å². The summed E-state index contributed by atoms with van der Waals surface area (Å²) in [7, 11) is 0.694. The molecule has 1 aromatic rings. The molecule has 0 amide bonds. The summed E-state index contributed by atoms with van der Waals surface area (Å²) in [6.45, 7) is 0. The molecule has 0 saturated heterocycles. The molecule has 1 aromatic carbocycles. The number of benzene rings is 1. The average molecular weight is 326 g/mol. The minimum Gasteiger partial charge on any atom is -0.258 e. The van der Waals surface area contributed by atoms with Gasteiger partial charge in [0, 0.05) is 10.7 Å². The van der Waals surface area contributed by atoms with Crippen LogP contribution in [-0.4, -0.2) is 13.3 Å². The molecule has 0 aliphatic rings. The molecule has 16 heavy (non-hydrogen) atoms. The van der Waals surface area contributed by atoms with Gasteiger partial charge in [-0.3, -0.25) is 10.1 Å². The number of nitrogens with zero attached hydrogens (tertiary/aromatic N) is 2. The molecule has 0 radical (unpaired) electrons. The van der Waals surface area contributed by atoms with Crippen LogP contribution in [0.3, 0.4) is 0 Å². The average Bonchev–Trinajstić information content (AvgIpc) is 2.15. The molecule has 9 heteroatoms. The summed E-state index contributed by atoms with van der Waals surface area (Å²) in [5.41, 5.74) is -1.11. The summed E-state index contributed by atoms with van der Waals surface area (Å²) in [6, 6.07) is 3.88. The molecule has 0 atom stereocenters. The quantitative estimate of drug-likeness (QED) is 0.471. The number of hydrogen-bond acceptors (Lipinski definition) is 5. The van der Waals surface area contributed by atoms with Crippen molar-refractivity contribution in [1.29, 1.82) is 5.26 Å². The summed E-state index contributed by atoms with van der Waals surface area (Å²) in [5, 5.41) is 19.4. The number of rotatable bonds is 2. The Balaban J connectivity index is 3.86. The highest BCUT2D eigenvalue weighted by Crippen LogP contribution is 2.36. The maximum atomic E-state index is 11.2. The highest BCUT2D eigenvalue weighted by molar-refractivity contribution is 9.10. The summed E-state index contributed by atoms with van der Waals surface area (Å²) in [6.07, 6.45) is 0. The molecule has 0 unspecified atom stereocenters. The Morgan fingerprint density at radius 1 is 1.50 bits per heavy atom. The lowest BCUT2D eigenvalue weighted by atomic mass is 10.2. The second kappa shape index (κ2) is 4.37. The van der Waals surface area contributed by atoms with Crippen LogP contribution in [0.2, 0.25) is 0 Å². The van der Waals surface area contributed by atoms with Crippen LogP contribution >= 0.6 is 26.6 Å². The van der Waals surface area contributed by atoms with Crippen LogP contribution in [0.4, 0.5) is 5.69 Å². The van der Waals surface area contributed by atoms with Gasteiger partial charge in [0.15, 0.2) is 4.90 Å². The molecule has 0 fully saturated rings. The summed E-state index contributed by atoms with van der Waals surface area (Å²) in [5.74, 6) is 0. The SMILES string of the molecule is N#Cc1ccc(Br)c([N+](=O)[O-])c1S(=O)(=O)Cl. The van der Waals surface area contributed by atoms with Crippen molar-refractivity contribution in [3.63, 3.8) is 0 Å². The molecule has 0 bridgehead atoms. The Morgan fingerprint density at radius 3 is 2.44 bits per heavy atom. The second-order valence-electron chi connectivity index (χ2n) is 2.58. The van der Waals surface area contributed by atoms with Gasteiger partial charge in [0.25, 0.3) is 9.05 Å². The van der Waals surface area contributed by atoms with E-state index in [1.165, 1.54) is 12.1 Å². The number of hydrogen-bond donors (Lipinski definition) is 0. The molecular weight excluding hydrogens is 324 g/mol. The maximum Gasteiger partial charge on any atom is 0.304 e. The highest BCUT2D eigenvalue weighted by Gasteiger charge is 2.30. The highest BCUT2D eigenvalue weighted by atomic mass is 79.9. The van der Waals surface area contributed by atoms with E-state index in [4.69, 9.17) is 15.9 Å². The summed E-state index contributed by atoms with van der Waals surface area (Å²) >= 11 is 2.83. The molecule has 0 aromatic heterocycles. The fraction of sp³-hybridized carbons (Fsp3) is 0. The molecule has 0 spiro atoms. The monoisotopic (exact) mass is 324 g/mol. The zero-order valence-corrected chi connectivity index (χ0v) is 10.5. The van der Waals surface area contributed by atoms with Crippen LogP contribution < -0.4 is 0 Å². The molecule has 0 saturated carbocycles. The maximum absolute atomic E-state index is 11.2. The summed E-state index contributed by atoms with van der Waals surface area (Å²) in [4.78, 5) is 8.99. The van der Waals surface area contributed by atoms with E-state index in [-0.39, 0.29) is 10.0 Å². The standard InChI is InChI=1S/C7H2BrClN2O4S/c8-5-2-1-4(3-10)7(16(9,14)15)6(5)11(12)13/h1-2H. The van der Waals surface area contributed by atoms with E-state index < -0.39 is 24.6 Å². The Labute approximate surface area is 103 Å². The van der Waals surface area contributed by atoms with E-state index in [0.717, 1.165) is 6.07 Å². The lowest BCUT2D eigenvalue weighted by Gasteiger charge is -2.02. The topological polar surface area (TPSA) is 101 Å². The van der Waals surface area contributed by atoms with Crippen molar-refractivity contribution in [2.75, 3.05) is 0 Å². The Morgan fingerprint density at radius 2 is 2.06 bits per heavy atom. The number of nitro benzene ring substituents is 1. The molecule has 0 aliphatic carbocycles. The predicted molar refractivity (Wildman–Crippen MR) is 58.6 cm³/mol. The van der Waals surface area contributed by atoms with E-state index in [1.807, 2.05) is 0 Å². The van der Waals surface area contributed by atoms with E-state index in [1.54, 1.807) is 0 Å². The molecule has 0 heterocycles. The van der Waals surface area contributed by atoms with Crippen LogP contribution in [0.5, 0.6) is 0 Å². The lowest BCUT2D eigenvalue weighted by molar-refractivity contribution is -0.388. The van der Waals surface area contributed by atoms with Crippen LogP contribution in [0.15, 0.2) is 21.5 Å². The fourth-order valence-electron chi connectivity index (χ4n) is 1.05. The van der Waals surface area contributed by atoms with Gasteiger partial charge in [0.1, 0.15) is 6.07 Å². The van der Waals surface area contributed by atoms with E-state index in [9.17, 15) is 18.5 Å². The van der Waals surface area contributed by atoms with Gasteiger partial charge in [-0.15, -0.1) is 0 Å². The molecule has 1 rings (SSSR count). The third kappa shape index (κ3) is 2.32. The van der Waals surface area contributed by atoms with Crippen LogP contribution in [-0.2, 0) is 9.05 Å². The third-order valence-corrected chi connectivity index (χ3v) is 3.63. The minimum absolute atomic E-state index is 0.0595. The van der Waals surface area contributed by atoms with Crippen molar-refractivity contribution in [2.45, 2.75) is 4.90 Å². The van der Waals surface area contributed by atoms with Gasteiger partial charge >= 0.3 is 5.69 Å². The van der Waals surface area contributed by atoms with Gasteiger partial charge in [0.2, 0.25) is 0 Å². The van der Waals surface area contributed by atoms with Crippen molar-refractivity contribution in [3.05, 3.63) is 32.3 Å². The molecule has 84 valence electrons. The van der Waals surface area contributed by atoms with Gasteiger partial charge in [-0.2, -0.15) is 5.26 Å². The molecule has 0 N–H and O–H groups in total. The second-order valence-corrected chi connectivity index (χ2v) is 5.94. The zero-order chi connectivity index (χ0) is 12.5. The Hall–Kier alpha value is -1.17. The summed E-state index contributed by atoms with van der Waals surface area (Å²) < 4.78 is 22.3. The van der Waals surface area contributed by atoms with E-state index in [2.05, 4.69) is 15.9 Å². The van der Waals surface area contributed by atoms with Crippen molar-refractivity contribution in [1.82, 2.24) is 0 Å². The predicted octanol–water partition coefficient (Wildman–Crippen LogP) is 2.16. The Kier molecular flexibility index (Phi) is 3.52. The number of nitro groups is 1. The van der Waals surface area contributed by atoms with Crippen LogP contribution in [0, 0.1) is 21.4 Å². The van der Waals surface area contributed by atoms with Crippen molar-refractivity contribution >= 4 is 41.4 Å². The largest absolute Gasteiger partial charge is 0.304 e. The van der Waals surface area contributed by atoms with Crippen LogP contribution in [0.25, 0.3) is 0 Å². The smallest absolute Gasteiger partial charge is 0.258 e. The van der Waals surface area contributed by atoms with Gasteiger partial charge in [-0.25, -0.2) is 8.42 Å². The minimum atomic E-state index is -4.37. The van der Waals surface area contributed by atoms with Gasteiger partial charge in [0.05, 0.1) is 15.0 Å². The van der Waals surface area contributed by atoms with Crippen molar-refractivity contribution in [3.8, 4) is 6.07 Å². The fourth-order valence-corrected chi connectivity index (χ4v) is 2.92. The first-order valence-electron chi connectivity index (χ1n) is 3.60. The first-order valence-corrected chi connectivity index (χ1v) is 6.71. The van der Waals surface area contributed by atoms with E-state index >= 15 is 0 Å². The molecule has 0 aliphatic heterocycles. The molecule has 6 nitrogen and oxygen atoms in total. The van der Waals surface area contributed by atoms with Crippen molar-refractivity contribution < 1.29 is 13.3 Å². The van der Waals surface area contributed by atoms with Crippen molar-refractivity contribution in [2.24, 2.45) is 0 Å². The number of halogens is 2. The van der Waals surface area contributed by atoms with Gasteiger partial charge in [-0.05, 0) is 28.1 Å². The lowest BCUT2D eigenvalue weighted by Crippen LogP contribution is -2.02. The van der Waals surface area contributed by atoms with Gasteiger partial charge < -0.3 is 0 Å². The van der Waals surface area contributed by atoms with Crippen LogP contribution in [0.1, 0.15) is 5.56 Å². The Bertz CT molecular complexity index is 608. The first kappa shape index (κ1) is 12.9.